The highest BCUT2D eigenvalue weighted by atomic mass is 32.1. The average Bonchev–Trinajstić information content (AvgIpc) is 3.49. The topological polar surface area (TPSA) is 60.0 Å². The second-order valence-corrected chi connectivity index (χ2v) is 12.1. The maximum atomic E-state index is 9.37. The van der Waals surface area contributed by atoms with Crippen LogP contribution in [0, 0.1) is 28.1 Å². The first-order valence-corrected chi connectivity index (χ1v) is 14.8. The van der Waals surface area contributed by atoms with E-state index in [1.54, 1.807) is 23.5 Å². The quantitative estimate of drug-likeness (QED) is 0.205. The van der Waals surface area contributed by atoms with Gasteiger partial charge < -0.3 is 9.64 Å². The summed E-state index contributed by atoms with van der Waals surface area (Å²) >= 11 is 1.67. The Balaban J connectivity index is 1.31. The van der Waals surface area contributed by atoms with Crippen LogP contribution in [0.15, 0.2) is 138 Å². The summed E-state index contributed by atoms with van der Waals surface area (Å²) in [6, 6.07) is 37.4. The van der Waals surface area contributed by atoms with Gasteiger partial charge in [-0.15, -0.1) is 11.3 Å². The number of hydrogen-bond acceptors (Lipinski definition) is 5. The van der Waals surface area contributed by atoms with Crippen LogP contribution in [-0.2, 0) is 4.74 Å². The molecule has 4 aromatic rings. The molecule has 0 radical (unpaired) electrons. The number of para-hydroxylation sites is 2. The van der Waals surface area contributed by atoms with Crippen molar-refractivity contribution in [2.45, 2.75) is 20.8 Å². The van der Waals surface area contributed by atoms with Gasteiger partial charge in [0.25, 0.3) is 0 Å². The molecular formula is C38H31N3OS. The molecule has 43 heavy (non-hydrogen) atoms. The molecule has 0 saturated carbocycles. The predicted molar refractivity (Wildman–Crippen MR) is 178 cm³/mol. The van der Waals surface area contributed by atoms with Crippen LogP contribution in [0.4, 0.5) is 17.1 Å². The summed E-state index contributed by atoms with van der Waals surface area (Å²) in [4.78, 5) is 4.45. The van der Waals surface area contributed by atoms with Gasteiger partial charge in [0.2, 0.25) is 0 Å². The maximum Gasteiger partial charge on any atom is 0.137 e. The van der Waals surface area contributed by atoms with Crippen LogP contribution in [0.25, 0.3) is 18.2 Å². The summed E-state index contributed by atoms with van der Waals surface area (Å²) in [6.45, 7) is 6.11. The molecule has 1 aliphatic heterocycles. The van der Waals surface area contributed by atoms with Crippen molar-refractivity contribution in [1.82, 2.24) is 0 Å². The van der Waals surface area contributed by atoms with Gasteiger partial charge in [0, 0.05) is 37.8 Å². The van der Waals surface area contributed by atoms with E-state index >= 15 is 0 Å². The van der Waals surface area contributed by atoms with Gasteiger partial charge in [-0.1, -0.05) is 75.4 Å². The number of anilines is 3. The number of ether oxygens (including phenoxy) is 1. The number of thiophene rings is 1. The Morgan fingerprint density at radius 2 is 1.21 bits per heavy atom. The van der Waals surface area contributed by atoms with Gasteiger partial charge >= 0.3 is 0 Å². The fourth-order valence-corrected chi connectivity index (χ4v) is 5.31. The third-order valence-electron chi connectivity index (χ3n) is 6.74. The summed E-state index contributed by atoms with van der Waals surface area (Å²) < 4.78 is 6.11. The molecule has 0 atom stereocenters. The van der Waals surface area contributed by atoms with Gasteiger partial charge in [0.15, 0.2) is 0 Å². The van der Waals surface area contributed by atoms with Crippen molar-refractivity contribution in [3.63, 3.8) is 0 Å². The van der Waals surface area contributed by atoms with E-state index < -0.39 is 0 Å². The summed E-state index contributed by atoms with van der Waals surface area (Å²) in [5.74, 6) is 1.31. The lowest BCUT2D eigenvalue weighted by Crippen LogP contribution is -2.15. The van der Waals surface area contributed by atoms with Gasteiger partial charge in [-0.3, -0.25) is 0 Å². The molecule has 2 heterocycles. The molecule has 0 spiro atoms. The lowest BCUT2D eigenvalue weighted by atomic mass is 9.90. The second kappa shape index (κ2) is 13.1. The molecule has 3 aromatic carbocycles. The summed E-state index contributed by atoms with van der Waals surface area (Å²) in [5.41, 5.74) is 4.80. The smallest absolute Gasteiger partial charge is 0.137 e. The molecule has 0 N–H and O–H groups in total. The molecule has 0 aliphatic carbocycles. The van der Waals surface area contributed by atoms with Crippen molar-refractivity contribution in [2.75, 3.05) is 4.90 Å². The zero-order valence-corrected chi connectivity index (χ0v) is 25.2. The molecule has 1 aliphatic rings. The molecule has 0 bridgehead atoms. The summed E-state index contributed by atoms with van der Waals surface area (Å²) in [5, 5.41) is 18.7. The highest BCUT2D eigenvalue weighted by Gasteiger charge is 2.24. The molecule has 210 valence electrons. The Labute approximate surface area is 257 Å². The Kier molecular flexibility index (Phi) is 8.87. The van der Waals surface area contributed by atoms with Crippen LogP contribution in [0.2, 0.25) is 0 Å². The molecule has 5 rings (SSSR count). The molecule has 5 heteroatoms. The number of nitrogens with zero attached hydrogens (tertiary/aromatic N) is 3. The first kappa shape index (κ1) is 29.1. The highest BCUT2D eigenvalue weighted by Crippen LogP contribution is 2.36. The molecule has 0 unspecified atom stereocenters. The molecular weight excluding hydrogens is 547 g/mol. The van der Waals surface area contributed by atoms with E-state index in [1.165, 1.54) is 0 Å². The SMILES string of the molecule is CC(C)(C)C1=CC(=C(C#N)C#N)C=C(/C=C/c2ccc(/C=C/c3ccc(N(c4ccccc4)c4ccccc4)cc3)s2)O1. The third kappa shape index (κ3) is 7.29. The van der Waals surface area contributed by atoms with E-state index in [0.717, 1.165) is 32.4 Å². The first-order valence-electron chi connectivity index (χ1n) is 14.0. The molecule has 1 aromatic heterocycles. The molecule has 4 nitrogen and oxygen atoms in total. The van der Waals surface area contributed by atoms with Gasteiger partial charge in [0.05, 0.1) is 0 Å². The van der Waals surface area contributed by atoms with Crippen LogP contribution in [0.5, 0.6) is 0 Å². The van der Waals surface area contributed by atoms with Gasteiger partial charge in [-0.05, 0) is 84.5 Å². The fraction of sp³-hybridized carbons (Fsp3) is 0.105. The largest absolute Gasteiger partial charge is 0.461 e. The Bertz CT molecular complexity index is 1760. The van der Waals surface area contributed by atoms with Crippen LogP contribution in [0.3, 0.4) is 0 Å². The summed E-state index contributed by atoms with van der Waals surface area (Å²) in [6.07, 6.45) is 11.6. The van der Waals surface area contributed by atoms with Crippen LogP contribution in [0.1, 0.15) is 36.1 Å². The Morgan fingerprint density at radius 3 is 1.74 bits per heavy atom. The van der Waals surface area contributed by atoms with Gasteiger partial charge in [-0.25, -0.2) is 0 Å². The van der Waals surface area contributed by atoms with Crippen molar-refractivity contribution < 1.29 is 4.74 Å². The maximum absolute atomic E-state index is 9.37. The minimum atomic E-state index is -0.269. The van der Waals surface area contributed by atoms with E-state index in [2.05, 4.69) is 102 Å². The zero-order chi connectivity index (χ0) is 30.2. The van der Waals surface area contributed by atoms with Crippen LogP contribution >= 0.6 is 11.3 Å². The fourth-order valence-electron chi connectivity index (χ4n) is 4.50. The standard InChI is InChI=1S/C38H31N3OS/c1-38(2,3)37-25-29(30(26-39)27-40)24-34(42-37)19-21-36-23-22-35(43-36)20-16-28-14-17-33(18-15-28)41(31-10-6-4-7-11-31)32-12-8-5-9-13-32/h4-25H,1-3H3/b20-16+,21-19+. The molecule has 0 fully saturated rings. The van der Waals surface area contributed by atoms with E-state index in [1.807, 2.05) is 57.2 Å². The van der Waals surface area contributed by atoms with Crippen LogP contribution in [-0.4, -0.2) is 0 Å². The monoisotopic (exact) mass is 577 g/mol. The number of benzene rings is 3. The number of rotatable bonds is 7. The number of allylic oxidation sites excluding steroid dienone is 6. The van der Waals surface area contributed by atoms with E-state index in [0.29, 0.717) is 17.1 Å². The highest BCUT2D eigenvalue weighted by molar-refractivity contribution is 7.13. The van der Waals surface area contributed by atoms with E-state index in [4.69, 9.17) is 4.74 Å². The second-order valence-electron chi connectivity index (χ2n) is 11.0. The van der Waals surface area contributed by atoms with Crippen molar-refractivity contribution >= 4 is 46.6 Å². The minimum Gasteiger partial charge on any atom is -0.461 e. The van der Waals surface area contributed by atoms with Crippen molar-refractivity contribution in [2.24, 2.45) is 5.41 Å². The molecule has 0 saturated heterocycles. The van der Waals surface area contributed by atoms with Gasteiger partial charge in [-0.2, -0.15) is 10.5 Å². The average molecular weight is 578 g/mol. The first-order chi connectivity index (χ1) is 20.8. The van der Waals surface area contributed by atoms with Crippen LogP contribution < -0.4 is 4.90 Å². The van der Waals surface area contributed by atoms with Crippen molar-refractivity contribution in [3.8, 4) is 12.1 Å². The summed E-state index contributed by atoms with van der Waals surface area (Å²) in [7, 11) is 0. The number of hydrogen-bond donors (Lipinski definition) is 0. The van der Waals surface area contributed by atoms with Crippen molar-refractivity contribution in [3.05, 3.63) is 153 Å². The lowest BCUT2D eigenvalue weighted by molar-refractivity contribution is 0.223. The zero-order valence-electron chi connectivity index (χ0n) is 24.4. The van der Waals surface area contributed by atoms with Gasteiger partial charge in [0.1, 0.15) is 29.2 Å². The molecule has 0 amide bonds. The normalized spacial score (nSPS) is 13.2. The minimum absolute atomic E-state index is 0.0698. The number of nitriles is 2. The predicted octanol–water partition coefficient (Wildman–Crippen LogP) is 10.6. The third-order valence-corrected chi connectivity index (χ3v) is 7.76. The Hall–Kier alpha value is -5.36. The van der Waals surface area contributed by atoms with E-state index in [-0.39, 0.29) is 11.0 Å². The lowest BCUT2D eigenvalue weighted by Gasteiger charge is -2.26. The van der Waals surface area contributed by atoms with E-state index in [9.17, 15) is 10.5 Å². The Morgan fingerprint density at radius 1 is 0.674 bits per heavy atom. The van der Waals surface area contributed by atoms with Crippen molar-refractivity contribution in [1.29, 1.82) is 10.5 Å².